The number of methoxy groups -OCH3 is 1. The van der Waals surface area contributed by atoms with Gasteiger partial charge in [0.15, 0.2) is 5.11 Å². The van der Waals surface area contributed by atoms with Crippen molar-refractivity contribution in [2.45, 2.75) is 25.7 Å². The number of hydrogen-bond acceptors (Lipinski definition) is 6. The molecule has 0 saturated heterocycles. The van der Waals surface area contributed by atoms with Crippen LogP contribution in [0.5, 0.6) is 0 Å². The average molecular weight is 367 g/mol. The van der Waals surface area contributed by atoms with Gasteiger partial charge >= 0.3 is 12.1 Å². The van der Waals surface area contributed by atoms with Gasteiger partial charge in [0.1, 0.15) is 0 Å². The summed E-state index contributed by atoms with van der Waals surface area (Å²) in [5, 5.41) is 2.20. The molecule has 1 aromatic carbocycles. The Morgan fingerprint density at radius 1 is 1.08 bits per heavy atom. The number of amides is 2. The molecule has 25 heavy (non-hydrogen) atoms. The first kappa shape index (κ1) is 20.4. The van der Waals surface area contributed by atoms with Gasteiger partial charge in [-0.3, -0.25) is 15.0 Å². The van der Waals surface area contributed by atoms with E-state index in [4.69, 9.17) is 17.0 Å². The maximum absolute atomic E-state index is 11.6. The van der Waals surface area contributed by atoms with Crippen molar-refractivity contribution in [2.24, 2.45) is 0 Å². The lowest BCUT2D eigenvalue weighted by Crippen LogP contribution is -2.48. The van der Waals surface area contributed by atoms with Gasteiger partial charge in [-0.05, 0) is 30.6 Å². The second-order valence-electron chi connectivity index (χ2n) is 4.93. The van der Waals surface area contributed by atoms with Crippen molar-refractivity contribution in [3.63, 3.8) is 0 Å². The quantitative estimate of drug-likeness (QED) is 0.288. The van der Waals surface area contributed by atoms with E-state index >= 15 is 0 Å². The Morgan fingerprint density at radius 3 is 2.48 bits per heavy atom. The first-order valence-electron chi connectivity index (χ1n) is 7.64. The number of thiocarbonyl (C=S) groups is 1. The predicted molar refractivity (Wildman–Crippen MR) is 94.4 cm³/mol. The Hall–Kier alpha value is -2.68. The summed E-state index contributed by atoms with van der Waals surface area (Å²) in [4.78, 5) is 34.0. The first-order valence-corrected chi connectivity index (χ1v) is 8.05. The molecule has 8 nitrogen and oxygen atoms in total. The number of carbonyl (C=O) groups is 3. The molecular weight excluding hydrogens is 346 g/mol. The van der Waals surface area contributed by atoms with Gasteiger partial charge in [0.05, 0.1) is 20.1 Å². The lowest BCUT2D eigenvalue weighted by Gasteiger charge is -2.09. The molecule has 0 saturated carbocycles. The highest BCUT2D eigenvalue weighted by Crippen LogP contribution is 2.03. The van der Waals surface area contributed by atoms with Crippen LogP contribution in [0.1, 0.15) is 24.8 Å². The molecule has 0 radical (unpaired) electrons. The van der Waals surface area contributed by atoms with Crippen molar-refractivity contribution in [3.05, 3.63) is 35.9 Å². The van der Waals surface area contributed by atoms with E-state index in [0.717, 1.165) is 12.8 Å². The molecule has 0 spiro atoms. The second-order valence-corrected chi connectivity index (χ2v) is 5.34. The van der Waals surface area contributed by atoms with Gasteiger partial charge in [-0.15, -0.1) is 0 Å². The third kappa shape index (κ3) is 9.92. The third-order valence-electron chi connectivity index (χ3n) is 2.99. The van der Waals surface area contributed by atoms with E-state index in [1.807, 2.05) is 30.3 Å². The van der Waals surface area contributed by atoms with Crippen molar-refractivity contribution >= 4 is 35.3 Å². The summed E-state index contributed by atoms with van der Waals surface area (Å²) in [6.45, 7) is 0.304. The number of benzene rings is 1. The molecule has 3 N–H and O–H groups in total. The number of nitrogens with one attached hydrogen (secondary N) is 3. The maximum atomic E-state index is 11.6. The molecule has 0 unspecified atom stereocenters. The highest BCUT2D eigenvalue weighted by atomic mass is 32.1. The van der Waals surface area contributed by atoms with E-state index in [-0.39, 0.29) is 18.0 Å². The molecule has 0 fully saturated rings. The Morgan fingerprint density at radius 2 is 1.80 bits per heavy atom. The van der Waals surface area contributed by atoms with Crippen molar-refractivity contribution in [2.75, 3.05) is 13.7 Å². The van der Waals surface area contributed by atoms with Gasteiger partial charge in [-0.25, -0.2) is 10.2 Å². The number of hydrogen-bond donors (Lipinski definition) is 3. The Labute approximate surface area is 151 Å². The fourth-order valence-corrected chi connectivity index (χ4v) is 1.94. The molecule has 136 valence electrons. The SMILES string of the molecule is COC(=O)NNC(=S)NC(=O)CCC(=O)OCCCc1ccccc1. The van der Waals surface area contributed by atoms with Crippen molar-refractivity contribution in [1.29, 1.82) is 0 Å². The van der Waals surface area contributed by atoms with Crippen LogP contribution in [0.4, 0.5) is 4.79 Å². The van der Waals surface area contributed by atoms with E-state index in [1.165, 1.54) is 12.7 Å². The van der Waals surface area contributed by atoms with Crippen LogP contribution in [0.15, 0.2) is 30.3 Å². The van der Waals surface area contributed by atoms with Crippen LogP contribution >= 0.6 is 12.2 Å². The summed E-state index contributed by atoms with van der Waals surface area (Å²) in [5.41, 5.74) is 5.54. The molecule has 0 aromatic heterocycles. The third-order valence-corrected chi connectivity index (χ3v) is 3.19. The van der Waals surface area contributed by atoms with Crippen LogP contribution < -0.4 is 16.2 Å². The summed E-state index contributed by atoms with van der Waals surface area (Å²) in [6.07, 6.45) is 0.661. The van der Waals surface area contributed by atoms with Gasteiger partial charge in [0.2, 0.25) is 5.91 Å². The van der Waals surface area contributed by atoms with E-state index in [2.05, 4.69) is 20.9 Å². The maximum Gasteiger partial charge on any atom is 0.425 e. The molecule has 0 atom stereocenters. The zero-order chi connectivity index (χ0) is 18.5. The number of ether oxygens (including phenoxy) is 2. The molecule has 9 heteroatoms. The molecule has 1 rings (SSSR count). The molecule has 0 aliphatic rings. The minimum atomic E-state index is -0.754. The molecule has 0 heterocycles. The minimum absolute atomic E-state index is 0.0514. The monoisotopic (exact) mass is 367 g/mol. The van der Waals surface area contributed by atoms with E-state index in [0.29, 0.717) is 6.61 Å². The molecular formula is C16H21N3O5S. The van der Waals surface area contributed by atoms with Gasteiger partial charge in [-0.2, -0.15) is 0 Å². The van der Waals surface area contributed by atoms with Crippen LogP contribution in [-0.2, 0) is 25.5 Å². The van der Waals surface area contributed by atoms with Gasteiger partial charge < -0.3 is 14.8 Å². The zero-order valence-electron chi connectivity index (χ0n) is 13.9. The van der Waals surface area contributed by atoms with Crippen LogP contribution in [0.2, 0.25) is 0 Å². The highest BCUT2D eigenvalue weighted by Gasteiger charge is 2.10. The number of aryl methyl sites for hydroxylation is 1. The van der Waals surface area contributed by atoms with Crippen molar-refractivity contribution in [1.82, 2.24) is 16.2 Å². The van der Waals surface area contributed by atoms with Crippen LogP contribution in [0, 0.1) is 0 Å². The molecule has 1 aromatic rings. The summed E-state index contributed by atoms with van der Waals surface area (Å²) >= 11 is 4.78. The molecule has 0 aliphatic carbocycles. The minimum Gasteiger partial charge on any atom is -0.466 e. The summed E-state index contributed by atoms with van der Waals surface area (Å²) in [6, 6.07) is 9.89. The van der Waals surface area contributed by atoms with E-state index < -0.39 is 18.0 Å². The largest absolute Gasteiger partial charge is 0.466 e. The number of rotatable bonds is 7. The summed E-state index contributed by atoms with van der Waals surface area (Å²) < 4.78 is 9.39. The first-order chi connectivity index (χ1) is 12.0. The highest BCUT2D eigenvalue weighted by molar-refractivity contribution is 7.80. The summed E-state index contributed by atoms with van der Waals surface area (Å²) in [7, 11) is 1.18. The van der Waals surface area contributed by atoms with Crippen LogP contribution in [0.3, 0.4) is 0 Å². The van der Waals surface area contributed by atoms with E-state index in [9.17, 15) is 14.4 Å². The Kier molecular flexibility index (Phi) is 9.61. The Balaban J connectivity index is 2.09. The van der Waals surface area contributed by atoms with Gasteiger partial charge in [0.25, 0.3) is 0 Å². The smallest absolute Gasteiger partial charge is 0.425 e. The molecule has 0 bridgehead atoms. The fourth-order valence-electron chi connectivity index (χ4n) is 1.77. The standard InChI is InChI=1S/C16H21N3O5S/c1-23-16(22)19-18-15(25)17-13(20)9-10-14(21)24-11-5-8-12-6-3-2-4-7-12/h2-4,6-7H,5,8-11H2,1H3,(H,19,22)(H2,17,18,20,25). The predicted octanol–water partition coefficient (Wildman–Crippen LogP) is 1.20. The Bertz CT molecular complexity index is 595. The number of esters is 1. The normalized spacial score (nSPS) is 9.64. The summed E-state index contributed by atoms with van der Waals surface area (Å²) in [5.74, 6) is -0.917. The average Bonchev–Trinajstić information content (AvgIpc) is 2.62. The van der Waals surface area contributed by atoms with Crippen LogP contribution in [-0.4, -0.2) is 36.8 Å². The lowest BCUT2D eigenvalue weighted by atomic mass is 10.1. The molecule has 2 amide bonds. The number of carbonyl (C=O) groups excluding carboxylic acids is 3. The van der Waals surface area contributed by atoms with Gasteiger partial charge in [-0.1, -0.05) is 30.3 Å². The second kappa shape index (κ2) is 11.8. The van der Waals surface area contributed by atoms with Gasteiger partial charge in [0, 0.05) is 6.42 Å². The van der Waals surface area contributed by atoms with Crippen molar-refractivity contribution < 1.29 is 23.9 Å². The fraction of sp³-hybridized carbons (Fsp3) is 0.375. The van der Waals surface area contributed by atoms with E-state index in [1.54, 1.807) is 0 Å². The lowest BCUT2D eigenvalue weighted by molar-refractivity contribution is -0.145. The topological polar surface area (TPSA) is 106 Å². The van der Waals surface area contributed by atoms with Crippen molar-refractivity contribution in [3.8, 4) is 0 Å². The number of hydrazine groups is 1. The zero-order valence-corrected chi connectivity index (χ0v) is 14.7. The molecule has 0 aliphatic heterocycles. The van der Waals surface area contributed by atoms with Crippen LogP contribution in [0.25, 0.3) is 0 Å².